The SMILES string of the molecule is CCc1cccc(C(N)C2OCCC2C)c1. The number of aryl methyl sites for hydroxylation is 1. The molecule has 2 rings (SSSR count). The zero-order valence-corrected chi connectivity index (χ0v) is 10.1. The number of nitrogens with two attached hydrogens (primary N) is 1. The number of hydrogen-bond acceptors (Lipinski definition) is 2. The summed E-state index contributed by atoms with van der Waals surface area (Å²) in [6, 6.07) is 8.57. The predicted octanol–water partition coefficient (Wildman–Crippen LogP) is 2.67. The highest BCUT2D eigenvalue weighted by Gasteiger charge is 2.30. The molecule has 0 amide bonds. The van der Waals surface area contributed by atoms with Gasteiger partial charge in [0.1, 0.15) is 0 Å². The van der Waals surface area contributed by atoms with Crippen LogP contribution in [0.25, 0.3) is 0 Å². The lowest BCUT2D eigenvalue weighted by molar-refractivity contribution is 0.0725. The van der Waals surface area contributed by atoms with Gasteiger partial charge < -0.3 is 10.5 Å². The molecule has 3 unspecified atom stereocenters. The maximum Gasteiger partial charge on any atom is 0.0793 e. The lowest BCUT2D eigenvalue weighted by Gasteiger charge is -2.23. The molecule has 0 bridgehead atoms. The van der Waals surface area contributed by atoms with E-state index < -0.39 is 0 Å². The Labute approximate surface area is 97.8 Å². The fraction of sp³-hybridized carbons (Fsp3) is 0.571. The van der Waals surface area contributed by atoms with Gasteiger partial charge in [-0.25, -0.2) is 0 Å². The van der Waals surface area contributed by atoms with Gasteiger partial charge >= 0.3 is 0 Å². The summed E-state index contributed by atoms with van der Waals surface area (Å²) in [6.45, 7) is 5.24. The van der Waals surface area contributed by atoms with Gasteiger partial charge in [-0.2, -0.15) is 0 Å². The fourth-order valence-electron chi connectivity index (χ4n) is 2.39. The van der Waals surface area contributed by atoms with Gasteiger partial charge in [-0.15, -0.1) is 0 Å². The molecule has 1 aromatic carbocycles. The van der Waals surface area contributed by atoms with Crippen LogP contribution in [0.5, 0.6) is 0 Å². The number of ether oxygens (including phenoxy) is 1. The first-order chi connectivity index (χ1) is 7.72. The van der Waals surface area contributed by atoms with E-state index in [1.54, 1.807) is 0 Å². The molecule has 1 aliphatic heterocycles. The monoisotopic (exact) mass is 219 g/mol. The molecular weight excluding hydrogens is 198 g/mol. The van der Waals surface area contributed by atoms with Crippen LogP contribution in [0.1, 0.15) is 37.4 Å². The van der Waals surface area contributed by atoms with Gasteiger partial charge in [-0.3, -0.25) is 0 Å². The smallest absolute Gasteiger partial charge is 0.0793 e. The third kappa shape index (κ3) is 2.28. The Kier molecular flexibility index (Phi) is 3.62. The quantitative estimate of drug-likeness (QED) is 0.848. The van der Waals surface area contributed by atoms with Crippen molar-refractivity contribution in [2.75, 3.05) is 6.61 Å². The summed E-state index contributed by atoms with van der Waals surface area (Å²) in [6.07, 6.45) is 2.38. The number of hydrogen-bond donors (Lipinski definition) is 1. The van der Waals surface area contributed by atoms with Crippen LogP contribution < -0.4 is 5.73 Å². The van der Waals surface area contributed by atoms with Crippen molar-refractivity contribution in [2.24, 2.45) is 11.7 Å². The Balaban J connectivity index is 2.16. The normalized spacial score (nSPS) is 26.9. The number of benzene rings is 1. The summed E-state index contributed by atoms with van der Waals surface area (Å²) in [4.78, 5) is 0. The molecule has 2 heteroatoms. The van der Waals surface area contributed by atoms with Crippen molar-refractivity contribution in [1.82, 2.24) is 0 Å². The molecule has 2 nitrogen and oxygen atoms in total. The summed E-state index contributed by atoms with van der Waals surface area (Å²) in [5, 5.41) is 0. The van der Waals surface area contributed by atoms with Crippen molar-refractivity contribution < 1.29 is 4.74 Å². The minimum Gasteiger partial charge on any atom is -0.376 e. The molecule has 88 valence electrons. The molecule has 2 N–H and O–H groups in total. The second kappa shape index (κ2) is 4.98. The first kappa shape index (κ1) is 11.6. The van der Waals surface area contributed by atoms with E-state index in [1.165, 1.54) is 11.1 Å². The molecule has 0 saturated carbocycles. The first-order valence-corrected chi connectivity index (χ1v) is 6.18. The van der Waals surface area contributed by atoms with Crippen LogP contribution in [-0.4, -0.2) is 12.7 Å². The van der Waals surface area contributed by atoms with E-state index >= 15 is 0 Å². The van der Waals surface area contributed by atoms with Crippen LogP contribution in [0.4, 0.5) is 0 Å². The third-order valence-corrected chi connectivity index (χ3v) is 3.54. The van der Waals surface area contributed by atoms with Crippen LogP contribution in [0.15, 0.2) is 24.3 Å². The lowest BCUT2D eigenvalue weighted by atomic mass is 9.92. The molecule has 0 spiro atoms. The molecule has 1 aliphatic rings. The lowest BCUT2D eigenvalue weighted by Crippen LogP contribution is -2.29. The van der Waals surface area contributed by atoms with Gasteiger partial charge in [0.05, 0.1) is 12.1 Å². The van der Waals surface area contributed by atoms with Gasteiger partial charge in [-0.1, -0.05) is 38.1 Å². The van der Waals surface area contributed by atoms with Crippen molar-refractivity contribution in [2.45, 2.75) is 38.8 Å². The zero-order valence-electron chi connectivity index (χ0n) is 10.1. The second-order valence-corrected chi connectivity index (χ2v) is 4.73. The Bertz CT molecular complexity index is 350. The Hall–Kier alpha value is -0.860. The molecule has 3 atom stereocenters. The summed E-state index contributed by atoms with van der Waals surface area (Å²) < 4.78 is 5.73. The third-order valence-electron chi connectivity index (χ3n) is 3.54. The van der Waals surface area contributed by atoms with Crippen LogP contribution in [0.3, 0.4) is 0 Å². The highest BCUT2D eigenvalue weighted by Crippen LogP contribution is 2.29. The van der Waals surface area contributed by atoms with Crippen LogP contribution >= 0.6 is 0 Å². The van der Waals surface area contributed by atoms with Crippen molar-refractivity contribution in [1.29, 1.82) is 0 Å². The molecule has 0 aromatic heterocycles. The molecule has 0 radical (unpaired) electrons. The van der Waals surface area contributed by atoms with Gasteiger partial charge in [0, 0.05) is 6.61 Å². The maximum absolute atomic E-state index is 6.29. The molecule has 1 heterocycles. The predicted molar refractivity (Wildman–Crippen MR) is 66.3 cm³/mol. The van der Waals surface area contributed by atoms with E-state index in [-0.39, 0.29) is 12.1 Å². The minimum absolute atomic E-state index is 0.0176. The molecule has 16 heavy (non-hydrogen) atoms. The Morgan fingerprint density at radius 1 is 1.50 bits per heavy atom. The molecule has 1 aromatic rings. The van der Waals surface area contributed by atoms with Crippen LogP contribution in [0.2, 0.25) is 0 Å². The van der Waals surface area contributed by atoms with E-state index in [4.69, 9.17) is 10.5 Å². The van der Waals surface area contributed by atoms with E-state index in [9.17, 15) is 0 Å². The minimum atomic E-state index is 0.0176. The van der Waals surface area contributed by atoms with Gasteiger partial charge in [0.25, 0.3) is 0 Å². The molecule has 1 fully saturated rings. The standard InChI is InChI=1S/C14H21NO/c1-3-11-5-4-6-12(9-11)13(15)14-10(2)7-8-16-14/h4-6,9-10,13-14H,3,7-8,15H2,1-2H3. The Morgan fingerprint density at radius 3 is 2.94 bits per heavy atom. The highest BCUT2D eigenvalue weighted by molar-refractivity contribution is 5.26. The largest absolute Gasteiger partial charge is 0.376 e. The van der Waals surface area contributed by atoms with Gasteiger partial charge in [-0.05, 0) is 29.9 Å². The summed E-state index contributed by atoms with van der Waals surface area (Å²) >= 11 is 0. The first-order valence-electron chi connectivity index (χ1n) is 6.18. The number of rotatable bonds is 3. The average Bonchev–Trinajstić information content (AvgIpc) is 2.74. The fourth-order valence-corrected chi connectivity index (χ4v) is 2.39. The van der Waals surface area contributed by atoms with Gasteiger partial charge in [0.15, 0.2) is 0 Å². The Morgan fingerprint density at radius 2 is 2.31 bits per heavy atom. The summed E-state index contributed by atoms with van der Waals surface area (Å²) in [5.41, 5.74) is 8.84. The van der Waals surface area contributed by atoms with E-state index in [0.717, 1.165) is 19.4 Å². The summed E-state index contributed by atoms with van der Waals surface area (Å²) in [7, 11) is 0. The average molecular weight is 219 g/mol. The van der Waals surface area contributed by atoms with Gasteiger partial charge in [0.2, 0.25) is 0 Å². The second-order valence-electron chi connectivity index (χ2n) is 4.73. The molecular formula is C14H21NO. The van der Waals surface area contributed by atoms with Crippen LogP contribution in [0, 0.1) is 5.92 Å². The van der Waals surface area contributed by atoms with Crippen molar-refractivity contribution in [3.8, 4) is 0 Å². The van der Waals surface area contributed by atoms with Crippen molar-refractivity contribution >= 4 is 0 Å². The van der Waals surface area contributed by atoms with E-state index in [0.29, 0.717) is 5.92 Å². The topological polar surface area (TPSA) is 35.2 Å². The highest BCUT2D eigenvalue weighted by atomic mass is 16.5. The van der Waals surface area contributed by atoms with Crippen molar-refractivity contribution in [3.63, 3.8) is 0 Å². The zero-order chi connectivity index (χ0) is 11.5. The van der Waals surface area contributed by atoms with Crippen LogP contribution in [-0.2, 0) is 11.2 Å². The van der Waals surface area contributed by atoms with E-state index in [1.807, 2.05) is 0 Å². The van der Waals surface area contributed by atoms with E-state index in [2.05, 4.69) is 38.1 Å². The molecule has 1 saturated heterocycles. The molecule has 0 aliphatic carbocycles. The maximum atomic E-state index is 6.29. The summed E-state index contributed by atoms with van der Waals surface area (Å²) in [5.74, 6) is 0.570. The van der Waals surface area contributed by atoms with Crippen molar-refractivity contribution in [3.05, 3.63) is 35.4 Å².